The number of methoxy groups -OCH3 is 1. The van der Waals surface area contributed by atoms with Gasteiger partial charge in [0.15, 0.2) is 0 Å². The lowest BCUT2D eigenvalue weighted by Crippen LogP contribution is -2.32. The van der Waals surface area contributed by atoms with E-state index in [0.717, 1.165) is 0 Å². The van der Waals surface area contributed by atoms with Crippen LogP contribution in [-0.4, -0.2) is 37.9 Å². The topological polar surface area (TPSA) is 73.6 Å². The molecule has 1 rings (SSSR count). The van der Waals surface area contributed by atoms with Crippen molar-refractivity contribution in [1.29, 1.82) is 5.26 Å². The number of rotatable bonds is 6. The molecule has 0 aliphatic heterocycles. The van der Waals surface area contributed by atoms with E-state index in [2.05, 4.69) is 0 Å². The molecule has 0 radical (unpaired) electrons. The van der Waals surface area contributed by atoms with Crippen LogP contribution in [0.3, 0.4) is 0 Å². The van der Waals surface area contributed by atoms with Crippen molar-refractivity contribution in [2.75, 3.05) is 31.7 Å². The number of halogens is 1. The monoisotopic (exact) mass is 268 g/mol. The van der Waals surface area contributed by atoms with Gasteiger partial charge in [-0.15, -0.1) is 0 Å². The molecule has 0 unspecified atom stereocenters. The predicted molar refractivity (Wildman–Crippen MR) is 67.9 cm³/mol. The normalized spacial score (nSPS) is 9.83. The van der Waals surface area contributed by atoms with Gasteiger partial charge in [0.25, 0.3) is 0 Å². The van der Waals surface area contributed by atoms with E-state index in [1.54, 1.807) is 30.2 Å². The number of benzene rings is 1. The number of hydrogen-bond acceptors (Lipinski definition) is 4. The molecular weight excluding hydrogens is 256 g/mol. The Bertz CT molecular complexity index is 471. The predicted octanol–water partition coefficient (Wildman–Crippen LogP) is 1.75. The molecule has 0 atom stereocenters. The Kier molecular flexibility index (Phi) is 5.43. The third kappa shape index (κ3) is 3.91. The maximum atomic E-state index is 10.8. The van der Waals surface area contributed by atoms with E-state index in [-0.39, 0.29) is 6.54 Å². The summed E-state index contributed by atoms with van der Waals surface area (Å²) < 4.78 is 4.93. The van der Waals surface area contributed by atoms with E-state index in [1.807, 2.05) is 6.07 Å². The number of anilines is 1. The summed E-state index contributed by atoms with van der Waals surface area (Å²) in [6.07, 6.45) is 0. The Balaban J connectivity index is 2.94. The number of carboxylic acid groups (broad SMARTS) is 1. The molecule has 6 heteroatoms. The molecule has 0 aliphatic carbocycles. The first kappa shape index (κ1) is 14.3. The van der Waals surface area contributed by atoms with E-state index in [0.29, 0.717) is 29.4 Å². The summed E-state index contributed by atoms with van der Waals surface area (Å²) >= 11 is 5.92. The Morgan fingerprint density at radius 2 is 2.33 bits per heavy atom. The van der Waals surface area contributed by atoms with Gasteiger partial charge in [0.1, 0.15) is 12.6 Å². The van der Waals surface area contributed by atoms with Gasteiger partial charge in [-0.3, -0.25) is 4.79 Å². The molecule has 0 heterocycles. The minimum absolute atomic E-state index is 0.147. The minimum atomic E-state index is -0.938. The average Bonchev–Trinajstić information content (AvgIpc) is 2.34. The van der Waals surface area contributed by atoms with Gasteiger partial charge < -0.3 is 14.7 Å². The summed E-state index contributed by atoms with van der Waals surface area (Å²) in [6.45, 7) is 0.696. The van der Waals surface area contributed by atoms with Gasteiger partial charge in [-0.05, 0) is 18.2 Å². The van der Waals surface area contributed by atoms with Gasteiger partial charge >= 0.3 is 5.97 Å². The van der Waals surface area contributed by atoms with Crippen molar-refractivity contribution in [3.8, 4) is 6.07 Å². The molecule has 0 amide bonds. The number of ether oxygens (including phenoxy) is 1. The van der Waals surface area contributed by atoms with Crippen molar-refractivity contribution in [1.82, 2.24) is 0 Å². The molecule has 18 heavy (non-hydrogen) atoms. The molecule has 96 valence electrons. The summed E-state index contributed by atoms with van der Waals surface area (Å²) in [5, 5.41) is 17.9. The van der Waals surface area contributed by atoms with Crippen LogP contribution in [0.1, 0.15) is 5.56 Å². The Labute approximate surface area is 110 Å². The van der Waals surface area contributed by atoms with Crippen LogP contribution in [-0.2, 0) is 9.53 Å². The molecule has 0 spiro atoms. The van der Waals surface area contributed by atoms with Crippen LogP contribution in [0, 0.1) is 11.3 Å². The molecular formula is C12H13ClN2O3. The summed E-state index contributed by atoms with van der Waals surface area (Å²) in [5.74, 6) is -0.938. The fraction of sp³-hybridized carbons (Fsp3) is 0.333. The van der Waals surface area contributed by atoms with Crippen LogP contribution in [0.25, 0.3) is 0 Å². The maximum Gasteiger partial charge on any atom is 0.323 e. The van der Waals surface area contributed by atoms with E-state index in [1.165, 1.54) is 0 Å². The number of carboxylic acids is 1. The molecule has 0 aromatic heterocycles. The van der Waals surface area contributed by atoms with Gasteiger partial charge in [-0.1, -0.05) is 11.6 Å². The number of hydrogen-bond donors (Lipinski definition) is 1. The van der Waals surface area contributed by atoms with Gasteiger partial charge in [0.2, 0.25) is 0 Å². The van der Waals surface area contributed by atoms with Gasteiger partial charge in [0.05, 0.1) is 17.2 Å². The standard InChI is InChI=1S/C12H13ClN2O3/c1-18-5-4-15(8-12(16)17)10-3-2-9(7-14)11(13)6-10/h2-3,6H,4-5,8H2,1H3,(H,16,17). The van der Waals surface area contributed by atoms with E-state index in [9.17, 15) is 4.79 Å². The lowest BCUT2D eigenvalue weighted by Gasteiger charge is -2.22. The van der Waals surface area contributed by atoms with Crippen LogP contribution < -0.4 is 4.90 Å². The zero-order valence-corrected chi connectivity index (χ0v) is 10.6. The number of aliphatic carboxylic acids is 1. The Morgan fingerprint density at radius 1 is 1.61 bits per heavy atom. The first-order valence-corrected chi connectivity index (χ1v) is 5.61. The first-order valence-electron chi connectivity index (χ1n) is 5.23. The molecule has 0 saturated carbocycles. The molecule has 5 nitrogen and oxygen atoms in total. The zero-order valence-electron chi connectivity index (χ0n) is 9.89. The highest BCUT2D eigenvalue weighted by Gasteiger charge is 2.12. The fourth-order valence-electron chi connectivity index (χ4n) is 1.46. The van der Waals surface area contributed by atoms with Gasteiger partial charge in [-0.2, -0.15) is 5.26 Å². The summed E-state index contributed by atoms with van der Waals surface area (Å²) in [7, 11) is 1.55. The lowest BCUT2D eigenvalue weighted by atomic mass is 10.2. The SMILES string of the molecule is COCCN(CC(=O)O)c1ccc(C#N)c(Cl)c1. The third-order valence-corrected chi connectivity index (χ3v) is 2.64. The second kappa shape index (κ2) is 6.84. The smallest absolute Gasteiger partial charge is 0.323 e. The largest absolute Gasteiger partial charge is 0.480 e. The van der Waals surface area contributed by atoms with Crippen molar-refractivity contribution in [2.45, 2.75) is 0 Å². The number of nitrogens with zero attached hydrogens (tertiary/aromatic N) is 2. The van der Waals surface area contributed by atoms with Crippen LogP contribution in [0.15, 0.2) is 18.2 Å². The van der Waals surface area contributed by atoms with Crippen LogP contribution >= 0.6 is 11.6 Å². The summed E-state index contributed by atoms with van der Waals surface area (Å²) in [5.41, 5.74) is 1.01. The maximum absolute atomic E-state index is 10.8. The molecule has 0 bridgehead atoms. The lowest BCUT2D eigenvalue weighted by molar-refractivity contribution is -0.135. The number of carbonyl (C=O) groups is 1. The summed E-state index contributed by atoms with van der Waals surface area (Å²) in [4.78, 5) is 12.4. The third-order valence-electron chi connectivity index (χ3n) is 2.33. The van der Waals surface area contributed by atoms with Gasteiger partial charge in [0, 0.05) is 19.3 Å². The molecule has 1 aromatic carbocycles. The fourth-order valence-corrected chi connectivity index (χ4v) is 1.67. The quantitative estimate of drug-likeness (QED) is 0.851. The van der Waals surface area contributed by atoms with Crippen LogP contribution in [0.5, 0.6) is 0 Å². The summed E-state index contributed by atoms with van der Waals surface area (Å²) in [6, 6.07) is 6.77. The molecule has 0 saturated heterocycles. The Hall–Kier alpha value is -1.77. The molecule has 1 aromatic rings. The zero-order chi connectivity index (χ0) is 13.5. The first-order chi connectivity index (χ1) is 8.58. The van der Waals surface area contributed by atoms with E-state index < -0.39 is 5.97 Å². The van der Waals surface area contributed by atoms with Crippen molar-refractivity contribution < 1.29 is 14.6 Å². The molecule has 0 fully saturated rings. The highest BCUT2D eigenvalue weighted by atomic mass is 35.5. The van der Waals surface area contributed by atoms with Crippen LogP contribution in [0.2, 0.25) is 5.02 Å². The molecule has 0 aliphatic rings. The van der Waals surface area contributed by atoms with Crippen LogP contribution in [0.4, 0.5) is 5.69 Å². The highest BCUT2D eigenvalue weighted by Crippen LogP contribution is 2.23. The van der Waals surface area contributed by atoms with Gasteiger partial charge in [-0.25, -0.2) is 0 Å². The average molecular weight is 269 g/mol. The second-order valence-corrected chi connectivity index (χ2v) is 3.99. The van der Waals surface area contributed by atoms with Crippen molar-refractivity contribution in [3.63, 3.8) is 0 Å². The van der Waals surface area contributed by atoms with E-state index >= 15 is 0 Å². The van der Waals surface area contributed by atoms with Crippen molar-refractivity contribution in [3.05, 3.63) is 28.8 Å². The highest BCUT2D eigenvalue weighted by molar-refractivity contribution is 6.32. The van der Waals surface area contributed by atoms with E-state index in [4.69, 9.17) is 26.7 Å². The Morgan fingerprint density at radius 3 is 2.83 bits per heavy atom. The van der Waals surface area contributed by atoms with Crippen molar-refractivity contribution >= 4 is 23.3 Å². The minimum Gasteiger partial charge on any atom is -0.480 e. The number of nitriles is 1. The molecule has 1 N–H and O–H groups in total. The second-order valence-electron chi connectivity index (χ2n) is 3.58. The van der Waals surface area contributed by atoms with Crippen molar-refractivity contribution in [2.24, 2.45) is 0 Å².